The van der Waals surface area contributed by atoms with Crippen molar-refractivity contribution in [3.8, 4) is 5.75 Å². The first-order valence-electron chi connectivity index (χ1n) is 7.63. The number of halogens is 2. The van der Waals surface area contributed by atoms with Gasteiger partial charge in [-0.3, -0.25) is 5.10 Å². The van der Waals surface area contributed by atoms with Gasteiger partial charge in [-0.2, -0.15) is 14.9 Å². The summed E-state index contributed by atoms with van der Waals surface area (Å²) in [5.74, 6) is 1.82. The molecule has 0 unspecified atom stereocenters. The Bertz CT molecular complexity index is 773. The van der Waals surface area contributed by atoms with Crippen molar-refractivity contribution in [2.75, 3.05) is 6.61 Å². The first-order chi connectivity index (χ1) is 11.3. The highest BCUT2D eigenvalue weighted by Gasteiger charge is 2.11. The van der Waals surface area contributed by atoms with Crippen LogP contribution in [0.5, 0.6) is 5.75 Å². The van der Waals surface area contributed by atoms with Crippen LogP contribution >= 0.6 is 35.4 Å². The summed E-state index contributed by atoms with van der Waals surface area (Å²) in [6.07, 6.45) is 1.64. The van der Waals surface area contributed by atoms with E-state index in [4.69, 9.17) is 40.2 Å². The van der Waals surface area contributed by atoms with E-state index in [9.17, 15) is 0 Å². The lowest BCUT2D eigenvalue weighted by Crippen LogP contribution is -2.05. The van der Waals surface area contributed by atoms with E-state index in [1.165, 1.54) is 0 Å². The smallest absolute Gasteiger partial charge is 0.216 e. The van der Waals surface area contributed by atoms with E-state index >= 15 is 0 Å². The van der Waals surface area contributed by atoms with E-state index in [-0.39, 0.29) is 5.92 Å². The molecule has 2 aromatic rings. The highest BCUT2D eigenvalue weighted by Crippen LogP contribution is 2.34. The zero-order valence-electron chi connectivity index (χ0n) is 14.0. The molecule has 0 aliphatic heterocycles. The normalized spacial score (nSPS) is 11.8. The van der Waals surface area contributed by atoms with Crippen LogP contribution in [0.3, 0.4) is 0 Å². The highest BCUT2D eigenvalue weighted by atomic mass is 35.5. The number of hydrogen-bond acceptors (Lipinski definition) is 4. The molecular formula is C16H20Cl2N4OS. The number of rotatable bonds is 6. The van der Waals surface area contributed by atoms with E-state index in [0.29, 0.717) is 33.1 Å². The van der Waals surface area contributed by atoms with Crippen LogP contribution in [0.15, 0.2) is 17.2 Å². The summed E-state index contributed by atoms with van der Waals surface area (Å²) in [5.41, 5.74) is 0.750. The average molecular weight is 387 g/mol. The lowest BCUT2D eigenvalue weighted by Gasteiger charge is -2.12. The van der Waals surface area contributed by atoms with Gasteiger partial charge in [-0.15, -0.1) is 0 Å². The lowest BCUT2D eigenvalue weighted by molar-refractivity contribution is 0.271. The molecule has 5 nitrogen and oxygen atoms in total. The Hall–Kier alpha value is -1.37. The Balaban J connectivity index is 2.28. The minimum absolute atomic E-state index is 0.189. The van der Waals surface area contributed by atoms with Gasteiger partial charge in [-0.25, -0.2) is 0 Å². The van der Waals surface area contributed by atoms with E-state index in [1.54, 1.807) is 23.0 Å². The van der Waals surface area contributed by atoms with Gasteiger partial charge in [0.1, 0.15) is 0 Å². The molecule has 0 fully saturated rings. The third kappa shape index (κ3) is 4.59. The molecule has 0 aliphatic rings. The first kappa shape index (κ1) is 19.0. The molecule has 1 aromatic carbocycles. The largest absolute Gasteiger partial charge is 0.490 e. The average Bonchev–Trinajstić information content (AvgIpc) is 2.85. The number of H-pyrrole nitrogens is 1. The molecule has 0 spiro atoms. The molecule has 8 heteroatoms. The number of nitrogens with one attached hydrogen (secondary N) is 1. The predicted molar refractivity (Wildman–Crippen MR) is 101 cm³/mol. The SMILES string of the molecule is CC(C)COc1c(Cl)cc(/C=N\n2c(C(C)C)n[nH]c2=S)cc1Cl. The second kappa shape index (κ2) is 8.14. The number of nitrogens with zero attached hydrogens (tertiary/aromatic N) is 3. The van der Waals surface area contributed by atoms with E-state index < -0.39 is 0 Å². The minimum atomic E-state index is 0.189. The Morgan fingerprint density at radius 3 is 2.46 bits per heavy atom. The van der Waals surface area contributed by atoms with Gasteiger partial charge in [0.05, 0.1) is 22.9 Å². The Morgan fingerprint density at radius 2 is 1.92 bits per heavy atom. The van der Waals surface area contributed by atoms with Gasteiger partial charge in [0.15, 0.2) is 11.6 Å². The van der Waals surface area contributed by atoms with Crippen LogP contribution in [0.1, 0.15) is 45.0 Å². The van der Waals surface area contributed by atoms with E-state index in [1.807, 2.05) is 13.8 Å². The van der Waals surface area contributed by atoms with Crippen LogP contribution in [0, 0.1) is 10.7 Å². The number of aromatic nitrogens is 3. The van der Waals surface area contributed by atoms with Crippen LogP contribution in [0.25, 0.3) is 0 Å². The summed E-state index contributed by atoms with van der Waals surface area (Å²) in [4.78, 5) is 0. The maximum absolute atomic E-state index is 6.27. The zero-order valence-corrected chi connectivity index (χ0v) is 16.3. The van der Waals surface area contributed by atoms with Crippen molar-refractivity contribution in [3.05, 3.63) is 38.3 Å². The molecule has 2 rings (SSSR count). The quantitative estimate of drug-likeness (QED) is 0.541. The number of benzene rings is 1. The number of hydrogen-bond donors (Lipinski definition) is 1. The van der Waals surface area contributed by atoms with Crippen molar-refractivity contribution < 1.29 is 4.74 Å². The summed E-state index contributed by atoms with van der Waals surface area (Å²) in [7, 11) is 0. The first-order valence-corrected chi connectivity index (χ1v) is 8.79. The maximum atomic E-state index is 6.27. The summed E-state index contributed by atoms with van der Waals surface area (Å²) in [5, 5.41) is 12.2. The molecule has 0 radical (unpaired) electrons. The maximum Gasteiger partial charge on any atom is 0.216 e. The molecule has 1 aromatic heterocycles. The molecule has 130 valence electrons. The van der Waals surface area contributed by atoms with Crippen molar-refractivity contribution in [3.63, 3.8) is 0 Å². The van der Waals surface area contributed by atoms with Gasteiger partial charge in [-0.1, -0.05) is 50.9 Å². The van der Waals surface area contributed by atoms with Crippen molar-refractivity contribution in [2.24, 2.45) is 11.0 Å². The van der Waals surface area contributed by atoms with Crippen LogP contribution in [-0.4, -0.2) is 27.7 Å². The highest BCUT2D eigenvalue weighted by molar-refractivity contribution is 7.71. The molecule has 0 saturated carbocycles. The topological polar surface area (TPSA) is 55.2 Å². The molecular weight excluding hydrogens is 367 g/mol. The molecule has 0 aliphatic carbocycles. The van der Waals surface area contributed by atoms with Gasteiger partial charge in [0.2, 0.25) is 4.77 Å². The standard InChI is InChI=1S/C16H20Cl2N4OS/c1-9(2)8-23-14-12(17)5-11(6-13(14)18)7-19-22-15(10(3)4)20-21-16(22)24/h5-7,9-10H,8H2,1-4H3,(H,21,24)/b19-7-. The summed E-state index contributed by atoms with van der Waals surface area (Å²) >= 11 is 17.7. The Labute approximate surface area is 156 Å². The van der Waals surface area contributed by atoms with Crippen molar-refractivity contribution in [1.82, 2.24) is 14.9 Å². The second-order valence-corrected chi connectivity index (χ2v) is 7.32. The second-order valence-electron chi connectivity index (χ2n) is 6.12. The Kier molecular flexibility index (Phi) is 6.43. The van der Waals surface area contributed by atoms with Crippen molar-refractivity contribution in [2.45, 2.75) is 33.6 Å². The number of aromatic amines is 1. The lowest BCUT2D eigenvalue weighted by atomic mass is 10.2. The predicted octanol–water partition coefficient (Wildman–Crippen LogP) is 5.29. The summed E-state index contributed by atoms with van der Waals surface area (Å²) < 4.78 is 7.68. The van der Waals surface area contributed by atoms with Crippen molar-refractivity contribution in [1.29, 1.82) is 0 Å². The molecule has 1 heterocycles. The minimum Gasteiger partial charge on any atom is -0.490 e. The van der Waals surface area contributed by atoms with Gasteiger partial charge < -0.3 is 4.74 Å². The van der Waals surface area contributed by atoms with Gasteiger partial charge in [-0.05, 0) is 35.8 Å². The fourth-order valence-electron chi connectivity index (χ4n) is 1.96. The monoisotopic (exact) mass is 386 g/mol. The van der Waals surface area contributed by atoms with E-state index in [2.05, 4.69) is 29.1 Å². The molecule has 0 amide bonds. The van der Waals surface area contributed by atoms with Gasteiger partial charge >= 0.3 is 0 Å². The molecule has 0 atom stereocenters. The third-order valence-corrected chi connectivity index (χ3v) is 3.92. The van der Waals surface area contributed by atoms with Crippen LogP contribution < -0.4 is 4.74 Å². The van der Waals surface area contributed by atoms with E-state index in [0.717, 1.165) is 11.4 Å². The van der Waals surface area contributed by atoms with Crippen LogP contribution in [0.2, 0.25) is 10.0 Å². The summed E-state index contributed by atoms with van der Waals surface area (Å²) in [6.45, 7) is 8.71. The molecule has 24 heavy (non-hydrogen) atoms. The summed E-state index contributed by atoms with van der Waals surface area (Å²) in [6, 6.07) is 3.51. The van der Waals surface area contributed by atoms with Crippen molar-refractivity contribution >= 4 is 41.6 Å². The molecule has 0 saturated heterocycles. The van der Waals surface area contributed by atoms with Crippen LogP contribution in [0.4, 0.5) is 0 Å². The third-order valence-electron chi connectivity index (χ3n) is 3.10. The Morgan fingerprint density at radius 1 is 1.29 bits per heavy atom. The number of ether oxygens (including phenoxy) is 1. The molecule has 0 bridgehead atoms. The van der Waals surface area contributed by atoms with Gasteiger partial charge in [0, 0.05) is 5.92 Å². The zero-order chi connectivity index (χ0) is 17.9. The molecule has 1 N–H and O–H groups in total. The fraction of sp³-hybridized carbons (Fsp3) is 0.438. The fourth-order valence-corrected chi connectivity index (χ4v) is 2.75. The van der Waals surface area contributed by atoms with Gasteiger partial charge in [0.25, 0.3) is 0 Å². The van der Waals surface area contributed by atoms with Crippen LogP contribution in [-0.2, 0) is 0 Å².